The Morgan fingerprint density at radius 1 is 1.61 bits per heavy atom. The van der Waals surface area contributed by atoms with Crippen molar-refractivity contribution in [1.82, 2.24) is 9.78 Å². The lowest BCUT2D eigenvalue weighted by Crippen LogP contribution is -2.08. The fraction of sp³-hybridized carbons (Fsp3) is 0.333. The fourth-order valence-electron chi connectivity index (χ4n) is 1.61. The Labute approximate surface area is 109 Å². The Morgan fingerprint density at radius 3 is 3.11 bits per heavy atom. The smallest absolute Gasteiger partial charge is 0.339 e. The van der Waals surface area contributed by atoms with Gasteiger partial charge in [-0.25, -0.2) is 4.79 Å². The maximum absolute atomic E-state index is 10.9. The molecule has 5 nitrogen and oxygen atoms in total. The predicted molar refractivity (Wildman–Crippen MR) is 67.8 cm³/mol. The van der Waals surface area contributed by atoms with Gasteiger partial charge in [-0.2, -0.15) is 5.10 Å². The topological polar surface area (TPSA) is 64.4 Å². The third-order valence-electron chi connectivity index (χ3n) is 2.60. The van der Waals surface area contributed by atoms with Crippen LogP contribution in [0.4, 0.5) is 0 Å². The maximum atomic E-state index is 10.9. The lowest BCUT2D eigenvalue weighted by atomic mass is 10.2. The van der Waals surface area contributed by atoms with Gasteiger partial charge in [0.1, 0.15) is 5.56 Å². The van der Waals surface area contributed by atoms with Crippen LogP contribution in [0.15, 0.2) is 23.7 Å². The number of nitrogens with zero attached hydrogens (tertiary/aromatic N) is 2. The highest BCUT2D eigenvalue weighted by molar-refractivity contribution is 7.09. The summed E-state index contributed by atoms with van der Waals surface area (Å²) in [4.78, 5) is 12.2. The van der Waals surface area contributed by atoms with Crippen LogP contribution in [-0.2, 0) is 24.8 Å². The molecule has 2 aromatic rings. The second-order valence-corrected chi connectivity index (χ2v) is 4.85. The molecule has 0 aliphatic rings. The van der Waals surface area contributed by atoms with Crippen molar-refractivity contribution in [2.45, 2.75) is 13.0 Å². The van der Waals surface area contributed by atoms with E-state index < -0.39 is 5.97 Å². The van der Waals surface area contributed by atoms with Gasteiger partial charge in [0.2, 0.25) is 0 Å². The summed E-state index contributed by atoms with van der Waals surface area (Å²) < 4.78 is 7.04. The van der Waals surface area contributed by atoms with Gasteiger partial charge in [-0.1, -0.05) is 6.07 Å². The Bertz CT molecular complexity index is 519. The van der Waals surface area contributed by atoms with E-state index in [0.29, 0.717) is 12.3 Å². The van der Waals surface area contributed by atoms with Crippen LogP contribution < -0.4 is 0 Å². The number of aryl methyl sites for hydroxylation is 1. The summed E-state index contributed by atoms with van der Waals surface area (Å²) in [6.45, 7) is 0.842. The van der Waals surface area contributed by atoms with Gasteiger partial charge in [0.05, 0.1) is 25.1 Å². The van der Waals surface area contributed by atoms with Crippen molar-refractivity contribution in [3.8, 4) is 0 Å². The van der Waals surface area contributed by atoms with Crippen LogP contribution in [0.25, 0.3) is 0 Å². The molecule has 0 spiro atoms. The standard InChI is InChI=1S/C12H14N2O3S/c1-14-11(10(7-13-14)12(15)16)8-17-5-4-9-3-2-6-18-9/h2-3,6-7H,4-5,8H2,1H3,(H,15,16). The molecule has 0 aromatic carbocycles. The molecule has 0 unspecified atom stereocenters. The van der Waals surface area contributed by atoms with Gasteiger partial charge in [0.25, 0.3) is 0 Å². The minimum absolute atomic E-state index is 0.202. The number of carboxylic acid groups (broad SMARTS) is 1. The third kappa shape index (κ3) is 2.96. The SMILES string of the molecule is Cn1ncc(C(=O)O)c1COCCc1cccs1. The van der Waals surface area contributed by atoms with E-state index in [0.717, 1.165) is 6.42 Å². The quantitative estimate of drug-likeness (QED) is 0.811. The molecule has 2 aromatic heterocycles. The van der Waals surface area contributed by atoms with Gasteiger partial charge in [-0.05, 0) is 11.4 Å². The molecule has 0 fully saturated rings. The van der Waals surface area contributed by atoms with Crippen LogP contribution in [-0.4, -0.2) is 27.5 Å². The fourth-order valence-corrected chi connectivity index (χ4v) is 2.30. The largest absolute Gasteiger partial charge is 0.478 e. The predicted octanol–water partition coefficient (Wildman–Crippen LogP) is 1.94. The third-order valence-corrected chi connectivity index (χ3v) is 3.54. The summed E-state index contributed by atoms with van der Waals surface area (Å²) in [7, 11) is 1.71. The number of hydrogen-bond donors (Lipinski definition) is 1. The van der Waals surface area contributed by atoms with Crippen molar-refractivity contribution in [1.29, 1.82) is 0 Å². The molecule has 0 radical (unpaired) electrons. The highest BCUT2D eigenvalue weighted by atomic mass is 32.1. The normalized spacial score (nSPS) is 10.7. The average Bonchev–Trinajstić information content (AvgIpc) is 2.94. The van der Waals surface area contributed by atoms with E-state index in [1.54, 1.807) is 18.4 Å². The zero-order valence-corrected chi connectivity index (χ0v) is 10.8. The lowest BCUT2D eigenvalue weighted by Gasteiger charge is -2.05. The van der Waals surface area contributed by atoms with E-state index in [4.69, 9.17) is 9.84 Å². The summed E-state index contributed by atoms with van der Waals surface area (Å²) in [5.41, 5.74) is 0.794. The van der Waals surface area contributed by atoms with Crippen molar-refractivity contribution in [2.24, 2.45) is 7.05 Å². The van der Waals surface area contributed by atoms with Crippen LogP contribution in [0.2, 0.25) is 0 Å². The van der Waals surface area contributed by atoms with Gasteiger partial charge >= 0.3 is 5.97 Å². The molecule has 2 heterocycles. The van der Waals surface area contributed by atoms with E-state index in [9.17, 15) is 4.79 Å². The molecule has 0 saturated heterocycles. The van der Waals surface area contributed by atoms with Crippen molar-refractivity contribution < 1.29 is 14.6 Å². The van der Waals surface area contributed by atoms with Crippen molar-refractivity contribution in [3.63, 3.8) is 0 Å². The van der Waals surface area contributed by atoms with E-state index in [1.807, 2.05) is 11.4 Å². The van der Waals surface area contributed by atoms with Crippen molar-refractivity contribution >= 4 is 17.3 Å². The molecule has 96 valence electrons. The Morgan fingerprint density at radius 2 is 2.44 bits per heavy atom. The number of rotatable bonds is 6. The monoisotopic (exact) mass is 266 g/mol. The molecule has 0 amide bonds. The highest BCUT2D eigenvalue weighted by Gasteiger charge is 2.14. The van der Waals surface area contributed by atoms with E-state index in [1.165, 1.54) is 15.8 Å². The average molecular weight is 266 g/mol. The zero-order chi connectivity index (χ0) is 13.0. The van der Waals surface area contributed by atoms with Crippen LogP contribution in [0.1, 0.15) is 20.9 Å². The van der Waals surface area contributed by atoms with E-state index >= 15 is 0 Å². The molecule has 0 saturated carbocycles. The van der Waals surface area contributed by atoms with Gasteiger partial charge < -0.3 is 9.84 Å². The van der Waals surface area contributed by atoms with Gasteiger partial charge in [0, 0.05) is 18.3 Å². The van der Waals surface area contributed by atoms with Gasteiger partial charge in [0.15, 0.2) is 0 Å². The first-order valence-electron chi connectivity index (χ1n) is 5.53. The van der Waals surface area contributed by atoms with Crippen LogP contribution in [0, 0.1) is 0 Å². The minimum Gasteiger partial charge on any atom is -0.478 e. The summed E-state index contributed by atoms with van der Waals surface area (Å²) in [5.74, 6) is -0.972. The first-order chi connectivity index (χ1) is 8.68. The summed E-state index contributed by atoms with van der Waals surface area (Å²) in [5, 5.41) is 14.9. The van der Waals surface area contributed by atoms with E-state index in [-0.39, 0.29) is 12.2 Å². The lowest BCUT2D eigenvalue weighted by molar-refractivity contribution is 0.0686. The molecule has 0 atom stereocenters. The van der Waals surface area contributed by atoms with E-state index in [2.05, 4.69) is 11.2 Å². The van der Waals surface area contributed by atoms with Crippen LogP contribution in [0.3, 0.4) is 0 Å². The Hall–Kier alpha value is -1.66. The summed E-state index contributed by atoms with van der Waals surface area (Å²) in [6, 6.07) is 4.06. The first-order valence-corrected chi connectivity index (χ1v) is 6.40. The van der Waals surface area contributed by atoms with Crippen LogP contribution >= 0.6 is 11.3 Å². The molecule has 6 heteroatoms. The second kappa shape index (κ2) is 5.79. The number of carbonyl (C=O) groups is 1. The number of thiophene rings is 1. The molecule has 0 aliphatic carbocycles. The van der Waals surface area contributed by atoms with Crippen molar-refractivity contribution in [2.75, 3.05) is 6.61 Å². The number of aromatic carboxylic acids is 1. The van der Waals surface area contributed by atoms with Crippen LogP contribution in [0.5, 0.6) is 0 Å². The molecule has 2 rings (SSSR count). The summed E-state index contributed by atoms with van der Waals surface area (Å²) >= 11 is 1.69. The molecule has 0 aliphatic heterocycles. The van der Waals surface area contributed by atoms with Gasteiger partial charge in [-0.15, -0.1) is 11.3 Å². The first kappa shape index (κ1) is 12.8. The molecular formula is C12H14N2O3S. The number of hydrogen-bond acceptors (Lipinski definition) is 4. The summed E-state index contributed by atoms with van der Waals surface area (Å²) in [6.07, 6.45) is 2.19. The van der Waals surface area contributed by atoms with Crippen molar-refractivity contribution in [3.05, 3.63) is 39.8 Å². The zero-order valence-electron chi connectivity index (χ0n) is 10.00. The number of ether oxygens (including phenoxy) is 1. The second-order valence-electron chi connectivity index (χ2n) is 3.82. The number of carboxylic acids is 1. The Kier molecular flexibility index (Phi) is 4.11. The van der Waals surface area contributed by atoms with Gasteiger partial charge in [-0.3, -0.25) is 4.68 Å². The Balaban J connectivity index is 1.86. The maximum Gasteiger partial charge on any atom is 0.339 e. The minimum atomic E-state index is -0.972. The molecule has 0 bridgehead atoms. The molecular weight excluding hydrogens is 252 g/mol. The molecule has 1 N–H and O–H groups in total. The molecule has 18 heavy (non-hydrogen) atoms. The number of aromatic nitrogens is 2. The highest BCUT2D eigenvalue weighted by Crippen LogP contribution is 2.11.